The van der Waals surface area contributed by atoms with E-state index in [1.165, 1.54) is 6.07 Å². The fourth-order valence-electron chi connectivity index (χ4n) is 1.87. The zero-order chi connectivity index (χ0) is 14.3. The number of fused-ring (bicyclic) bond motifs is 1. The van der Waals surface area contributed by atoms with Crippen LogP contribution < -0.4 is 5.32 Å². The molecule has 1 N–H and O–H groups in total. The van der Waals surface area contributed by atoms with E-state index < -0.39 is 17.5 Å². The van der Waals surface area contributed by atoms with E-state index in [-0.39, 0.29) is 5.56 Å². The molecule has 0 aliphatic carbocycles. The standard InChI is InChI=1S/C14H7ClFNO2S/c15-8-3-1-2-4-11(8)20-12-6-10-7(5-9(12)16)13(18)14(19)17-10/h1-6H,(H,17,18,19). The van der Waals surface area contributed by atoms with Crippen LogP contribution >= 0.6 is 23.4 Å². The van der Waals surface area contributed by atoms with Crippen LogP contribution in [0.1, 0.15) is 10.4 Å². The molecule has 0 atom stereocenters. The molecule has 0 saturated carbocycles. The summed E-state index contributed by atoms with van der Waals surface area (Å²) in [6.07, 6.45) is 0. The molecule has 0 saturated heterocycles. The van der Waals surface area contributed by atoms with Crippen LogP contribution in [-0.4, -0.2) is 11.7 Å². The summed E-state index contributed by atoms with van der Waals surface area (Å²) in [6, 6.07) is 9.58. The topological polar surface area (TPSA) is 46.2 Å². The summed E-state index contributed by atoms with van der Waals surface area (Å²) in [7, 11) is 0. The average Bonchev–Trinajstić information content (AvgIpc) is 2.69. The van der Waals surface area contributed by atoms with Crippen LogP contribution in [0.25, 0.3) is 0 Å². The minimum absolute atomic E-state index is 0.0657. The van der Waals surface area contributed by atoms with Crippen molar-refractivity contribution in [2.75, 3.05) is 5.32 Å². The third-order valence-corrected chi connectivity index (χ3v) is 4.38. The third kappa shape index (κ3) is 2.19. The summed E-state index contributed by atoms with van der Waals surface area (Å²) in [4.78, 5) is 23.7. The molecule has 3 nitrogen and oxygen atoms in total. The number of carbonyl (C=O) groups excluding carboxylic acids is 2. The van der Waals surface area contributed by atoms with Crippen molar-refractivity contribution in [2.45, 2.75) is 9.79 Å². The smallest absolute Gasteiger partial charge is 0.296 e. The van der Waals surface area contributed by atoms with Gasteiger partial charge in [-0.2, -0.15) is 0 Å². The van der Waals surface area contributed by atoms with Gasteiger partial charge >= 0.3 is 0 Å². The van der Waals surface area contributed by atoms with Gasteiger partial charge in [0.1, 0.15) is 5.82 Å². The van der Waals surface area contributed by atoms with E-state index in [1.54, 1.807) is 24.3 Å². The second-order valence-corrected chi connectivity index (χ2v) is 5.63. The minimum atomic E-state index is -0.737. The van der Waals surface area contributed by atoms with Gasteiger partial charge in [0, 0.05) is 4.90 Å². The number of ketones is 1. The fourth-order valence-corrected chi connectivity index (χ4v) is 3.00. The van der Waals surface area contributed by atoms with Crippen molar-refractivity contribution < 1.29 is 14.0 Å². The number of carbonyl (C=O) groups is 2. The molecule has 0 bridgehead atoms. The lowest BCUT2D eigenvalue weighted by atomic mass is 10.1. The van der Waals surface area contributed by atoms with E-state index in [9.17, 15) is 14.0 Å². The molecule has 3 rings (SSSR count). The van der Waals surface area contributed by atoms with Gasteiger partial charge in [-0.05, 0) is 24.3 Å². The Kier molecular flexibility index (Phi) is 3.23. The highest BCUT2D eigenvalue weighted by Gasteiger charge is 2.29. The van der Waals surface area contributed by atoms with Crippen molar-refractivity contribution in [2.24, 2.45) is 0 Å². The van der Waals surface area contributed by atoms with E-state index in [2.05, 4.69) is 5.32 Å². The number of amides is 1. The molecule has 0 radical (unpaired) electrons. The monoisotopic (exact) mass is 307 g/mol. The summed E-state index contributed by atoms with van der Waals surface area (Å²) in [6.45, 7) is 0. The van der Waals surface area contributed by atoms with Crippen LogP contribution in [0.5, 0.6) is 0 Å². The quantitative estimate of drug-likeness (QED) is 0.859. The Hall–Kier alpha value is -1.85. The number of rotatable bonds is 2. The van der Waals surface area contributed by atoms with E-state index in [1.807, 2.05) is 0 Å². The van der Waals surface area contributed by atoms with Crippen molar-refractivity contribution in [1.29, 1.82) is 0 Å². The van der Waals surface area contributed by atoms with Gasteiger partial charge < -0.3 is 5.32 Å². The predicted octanol–water partition coefficient (Wildman–Crippen LogP) is 3.77. The Morgan fingerprint density at radius 2 is 1.85 bits per heavy atom. The maximum atomic E-state index is 14.0. The number of Topliss-reactive ketones (excluding diaryl/α,β-unsaturated/α-hetero) is 1. The molecule has 1 heterocycles. The molecule has 20 heavy (non-hydrogen) atoms. The van der Waals surface area contributed by atoms with Gasteiger partial charge in [-0.3, -0.25) is 9.59 Å². The number of hydrogen-bond donors (Lipinski definition) is 1. The lowest BCUT2D eigenvalue weighted by Gasteiger charge is -2.07. The lowest BCUT2D eigenvalue weighted by molar-refractivity contribution is -0.112. The molecule has 0 spiro atoms. The van der Waals surface area contributed by atoms with E-state index in [0.717, 1.165) is 17.8 Å². The normalized spacial score (nSPS) is 13.3. The Morgan fingerprint density at radius 3 is 2.60 bits per heavy atom. The van der Waals surface area contributed by atoms with E-state index >= 15 is 0 Å². The zero-order valence-electron chi connectivity index (χ0n) is 9.94. The van der Waals surface area contributed by atoms with Gasteiger partial charge in [0.15, 0.2) is 0 Å². The lowest BCUT2D eigenvalue weighted by Crippen LogP contribution is -2.12. The van der Waals surface area contributed by atoms with Crippen LogP contribution in [0.2, 0.25) is 5.02 Å². The predicted molar refractivity (Wildman–Crippen MR) is 74.9 cm³/mol. The Labute approximate surface area is 123 Å². The first-order valence-electron chi connectivity index (χ1n) is 5.68. The average molecular weight is 308 g/mol. The molecule has 100 valence electrons. The van der Waals surface area contributed by atoms with Gasteiger partial charge in [-0.1, -0.05) is 35.5 Å². The SMILES string of the molecule is O=C1Nc2cc(Sc3ccccc3Cl)c(F)cc2C1=O. The molecule has 1 aliphatic heterocycles. The molecule has 0 fully saturated rings. The Bertz CT molecular complexity index is 748. The highest BCUT2D eigenvalue weighted by molar-refractivity contribution is 7.99. The van der Waals surface area contributed by atoms with Crippen molar-refractivity contribution in [1.82, 2.24) is 0 Å². The van der Waals surface area contributed by atoms with Crippen LogP contribution in [-0.2, 0) is 4.79 Å². The Morgan fingerprint density at radius 1 is 1.10 bits per heavy atom. The molecule has 1 amide bonds. The number of halogens is 2. The van der Waals surface area contributed by atoms with E-state index in [4.69, 9.17) is 11.6 Å². The molecule has 2 aromatic carbocycles. The minimum Gasteiger partial charge on any atom is -0.318 e. The zero-order valence-corrected chi connectivity index (χ0v) is 11.5. The van der Waals surface area contributed by atoms with Gasteiger partial charge in [0.2, 0.25) is 0 Å². The van der Waals surface area contributed by atoms with Crippen LogP contribution in [0.3, 0.4) is 0 Å². The van der Waals surface area contributed by atoms with Gasteiger partial charge in [0.05, 0.1) is 21.2 Å². The van der Waals surface area contributed by atoms with Crippen LogP contribution in [0, 0.1) is 5.82 Å². The molecule has 6 heteroatoms. The number of hydrogen-bond acceptors (Lipinski definition) is 3. The molecular formula is C14H7ClFNO2S. The first kappa shape index (κ1) is 13.1. The van der Waals surface area contributed by atoms with Crippen LogP contribution in [0.4, 0.5) is 10.1 Å². The van der Waals surface area contributed by atoms with Gasteiger partial charge in [-0.25, -0.2) is 4.39 Å². The van der Waals surface area contributed by atoms with E-state index in [0.29, 0.717) is 20.5 Å². The second kappa shape index (κ2) is 4.92. The molecular weight excluding hydrogens is 301 g/mol. The summed E-state index contributed by atoms with van der Waals surface area (Å²) in [5.74, 6) is -2.01. The molecule has 2 aromatic rings. The van der Waals surface area contributed by atoms with Gasteiger partial charge in [-0.15, -0.1) is 0 Å². The van der Waals surface area contributed by atoms with Gasteiger partial charge in [0.25, 0.3) is 11.7 Å². The highest BCUT2D eigenvalue weighted by atomic mass is 35.5. The first-order chi connectivity index (χ1) is 9.56. The van der Waals surface area contributed by atoms with Crippen molar-refractivity contribution >= 4 is 40.7 Å². The largest absolute Gasteiger partial charge is 0.318 e. The maximum Gasteiger partial charge on any atom is 0.296 e. The summed E-state index contributed by atoms with van der Waals surface area (Å²) < 4.78 is 14.0. The second-order valence-electron chi connectivity index (χ2n) is 4.14. The van der Waals surface area contributed by atoms with Crippen molar-refractivity contribution in [3.8, 4) is 0 Å². The maximum absolute atomic E-state index is 14.0. The summed E-state index contributed by atoms with van der Waals surface area (Å²) in [5.41, 5.74) is 0.395. The number of nitrogens with one attached hydrogen (secondary N) is 1. The molecule has 1 aliphatic rings. The number of benzene rings is 2. The molecule has 0 unspecified atom stereocenters. The summed E-state index contributed by atoms with van der Waals surface area (Å²) >= 11 is 7.16. The fraction of sp³-hybridized carbons (Fsp3) is 0. The van der Waals surface area contributed by atoms with Crippen LogP contribution in [0.15, 0.2) is 46.2 Å². The Balaban J connectivity index is 2.01. The van der Waals surface area contributed by atoms with Crippen molar-refractivity contribution in [3.63, 3.8) is 0 Å². The van der Waals surface area contributed by atoms with Crippen molar-refractivity contribution in [3.05, 3.63) is 52.8 Å². The third-order valence-electron chi connectivity index (χ3n) is 2.83. The first-order valence-corrected chi connectivity index (χ1v) is 6.87. The molecule has 0 aromatic heterocycles. The highest BCUT2D eigenvalue weighted by Crippen LogP contribution is 2.38. The summed E-state index contributed by atoms with van der Waals surface area (Å²) in [5, 5.41) is 2.93. The number of anilines is 1.